The molecule has 6 heteroatoms. The average Bonchev–Trinajstić information content (AvgIpc) is 2.47. The van der Waals surface area contributed by atoms with Crippen molar-refractivity contribution in [3.63, 3.8) is 0 Å². The molecule has 0 heterocycles. The van der Waals surface area contributed by atoms with E-state index in [0.717, 1.165) is 0 Å². The highest BCUT2D eigenvalue weighted by Gasteiger charge is 2.41. The van der Waals surface area contributed by atoms with Gasteiger partial charge in [-0.1, -0.05) is 46.5 Å². The van der Waals surface area contributed by atoms with Crippen LogP contribution in [0.3, 0.4) is 0 Å². The van der Waals surface area contributed by atoms with Crippen molar-refractivity contribution < 1.29 is 19.0 Å². The van der Waals surface area contributed by atoms with Crippen molar-refractivity contribution >= 4 is 17.1 Å². The summed E-state index contributed by atoms with van der Waals surface area (Å²) in [6.07, 6.45) is 0.970. The van der Waals surface area contributed by atoms with E-state index in [9.17, 15) is 5.11 Å². The molecule has 26 heavy (non-hydrogen) atoms. The number of ether oxygens (including phenoxy) is 2. The van der Waals surface area contributed by atoms with E-state index in [4.69, 9.17) is 13.9 Å². The van der Waals surface area contributed by atoms with Crippen molar-refractivity contribution in [3.05, 3.63) is 12.7 Å². The van der Waals surface area contributed by atoms with Crippen molar-refractivity contribution in [2.75, 3.05) is 13.9 Å². The van der Waals surface area contributed by atoms with Crippen LogP contribution in [0.25, 0.3) is 0 Å². The van der Waals surface area contributed by atoms with E-state index in [-0.39, 0.29) is 30.3 Å². The smallest absolute Gasteiger partial charge is 0.171 e. The zero-order valence-electron chi connectivity index (χ0n) is 18.3. The molecule has 1 N–H and O–H groups in total. The molecule has 152 valence electrons. The van der Waals surface area contributed by atoms with Crippen molar-refractivity contribution in [2.45, 2.75) is 78.2 Å². The van der Waals surface area contributed by atoms with Crippen LogP contribution in [0.2, 0.25) is 32.7 Å². The number of hydrogen-bond acceptors (Lipinski definition) is 4. The predicted molar refractivity (Wildman–Crippen MR) is 115 cm³/mol. The zero-order chi connectivity index (χ0) is 20.5. The van der Waals surface area contributed by atoms with Crippen LogP contribution in [0.4, 0.5) is 0 Å². The number of methoxy groups -OCH3 is 1. The molecular weight excluding hydrogens is 360 g/mol. The molecule has 4 nitrogen and oxygen atoms in total. The molecule has 0 bridgehead atoms. The maximum Gasteiger partial charge on any atom is 0.171 e. The van der Waals surface area contributed by atoms with Gasteiger partial charge in [0.15, 0.2) is 9.04 Å². The van der Waals surface area contributed by atoms with E-state index in [1.807, 2.05) is 0 Å². The topological polar surface area (TPSA) is 47.9 Å². The molecule has 0 radical (unpaired) electrons. The van der Waals surface area contributed by atoms with Crippen molar-refractivity contribution in [1.29, 1.82) is 0 Å². The van der Waals surface area contributed by atoms with Crippen molar-refractivity contribution in [3.8, 4) is 11.5 Å². The fourth-order valence-electron chi connectivity index (χ4n) is 2.80. The van der Waals surface area contributed by atoms with Gasteiger partial charge in [0.2, 0.25) is 0 Å². The largest absolute Gasteiger partial charge is 0.417 e. The molecule has 0 aliphatic carbocycles. The fourth-order valence-corrected chi connectivity index (χ4v) is 4.61. The Morgan fingerprint density at radius 1 is 1.23 bits per heavy atom. The summed E-state index contributed by atoms with van der Waals surface area (Å²) >= 11 is 0. The molecule has 0 aliphatic rings. The molecule has 0 saturated carbocycles. The normalized spacial score (nSPS) is 17.2. The Hall–Kier alpha value is -0.426. The molecule has 0 aromatic heterocycles. The van der Waals surface area contributed by atoms with Crippen LogP contribution in [0.1, 0.15) is 27.2 Å². The second kappa shape index (κ2) is 11.4. The SMILES string of the molecule is C=C[C@H](OCOC)[C@H](C(O[SiH](C)C)C(C)(C)C)[C@H](O)CC#C[Si](C)(C)C. The Morgan fingerprint density at radius 3 is 2.19 bits per heavy atom. The third-order valence-corrected chi connectivity index (χ3v) is 5.60. The Labute approximate surface area is 164 Å². The monoisotopic (exact) mass is 400 g/mol. The first-order valence-electron chi connectivity index (χ1n) is 9.40. The molecule has 4 atom stereocenters. The lowest BCUT2D eigenvalue weighted by atomic mass is 9.75. The Kier molecular flexibility index (Phi) is 11.2. The summed E-state index contributed by atoms with van der Waals surface area (Å²) in [6.45, 7) is 21.4. The minimum absolute atomic E-state index is 0.146. The van der Waals surface area contributed by atoms with Gasteiger partial charge in [-0.3, -0.25) is 0 Å². The summed E-state index contributed by atoms with van der Waals surface area (Å²) in [5.74, 6) is 2.94. The molecule has 0 spiro atoms. The molecule has 0 rings (SSSR count). The number of hydrogen-bond donors (Lipinski definition) is 1. The molecule has 0 aromatic carbocycles. The van der Waals surface area contributed by atoms with Gasteiger partial charge >= 0.3 is 0 Å². The predicted octanol–water partition coefficient (Wildman–Crippen LogP) is 3.82. The van der Waals surface area contributed by atoms with Crippen LogP contribution in [-0.4, -0.2) is 54.4 Å². The third-order valence-electron chi connectivity index (χ3n) is 3.83. The summed E-state index contributed by atoms with van der Waals surface area (Å²) in [7, 11) is -1.21. The first kappa shape index (κ1) is 25.6. The van der Waals surface area contributed by atoms with E-state index in [2.05, 4.69) is 71.5 Å². The van der Waals surface area contributed by atoms with Gasteiger partial charge in [0, 0.05) is 19.4 Å². The summed E-state index contributed by atoms with van der Waals surface area (Å²) < 4.78 is 17.3. The van der Waals surface area contributed by atoms with Gasteiger partial charge in [0.05, 0.1) is 18.3 Å². The van der Waals surface area contributed by atoms with Gasteiger partial charge in [0.1, 0.15) is 14.9 Å². The van der Waals surface area contributed by atoms with Gasteiger partial charge in [-0.15, -0.1) is 18.0 Å². The lowest BCUT2D eigenvalue weighted by molar-refractivity contribution is -0.128. The average molecular weight is 401 g/mol. The number of rotatable bonds is 10. The molecule has 0 amide bonds. The Morgan fingerprint density at radius 2 is 1.81 bits per heavy atom. The molecular formula is C20H40O4Si2. The van der Waals surface area contributed by atoms with Crippen molar-refractivity contribution in [2.24, 2.45) is 11.3 Å². The minimum Gasteiger partial charge on any atom is -0.417 e. The first-order chi connectivity index (χ1) is 11.8. The summed E-state index contributed by atoms with van der Waals surface area (Å²) in [4.78, 5) is 0. The van der Waals surface area contributed by atoms with E-state index in [0.29, 0.717) is 6.42 Å². The summed E-state index contributed by atoms with van der Waals surface area (Å²) in [5.41, 5.74) is 3.19. The van der Waals surface area contributed by atoms with E-state index in [1.54, 1.807) is 13.2 Å². The van der Waals surface area contributed by atoms with Gasteiger partial charge in [-0.2, -0.15) is 0 Å². The minimum atomic E-state index is -1.47. The van der Waals surface area contributed by atoms with Gasteiger partial charge in [-0.25, -0.2) is 0 Å². The van der Waals surface area contributed by atoms with Crippen LogP contribution in [-0.2, 0) is 13.9 Å². The fraction of sp³-hybridized carbons (Fsp3) is 0.800. The lowest BCUT2D eigenvalue weighted by Crippen LogP contribution is -2.49. The standard InChI is InChI=1S/C20H40O4Si2/c1-11-17(23-15-22-5)18(16(21)13-12-14-26(8,9)10)19(20(2,3)4)24-25(6)7/h11,16-19,21,25H,1,13,15H2,2-10H3/t16-,17+,18-,19?/m1/s1. The number of aliphatic hydroxyl groups is 1. The van der Waals surface area contributed by atoms with Crippen LogP contribution < -0.4 is 0 Å². The molecule has 0 saturated heterocycles. The van der Waals surface area contributed by atoms with Crippen molar-refractivity contribution in [1.82, 2.24) is 0 Å². The highest BCUT2D eigenvalue weighted by atomic mass is 28.3. The summed E-state index contributed by atoms with van der Waals surface area (Å²) in [5, 5.41) is 11.0. The van der Waals surface area contributed by atoms with Gasteiger partial charge < -0.3 is 19.0 Å². The van der Waals surface area contributed by atoms with Crippen LogP contribution in [0.5, 0.6) is 0 Å². The van der Waals surface area contributed by atoms with Gasteiger partial charge in [0.25, 0.3) is 0 Å². The third kappa shape index (κ3) is 10.0. The van der Waals surface area contributed by atoms with Crippen LogP contribution in [0, 0.1) is 22.8 Å². The van der Waals surface area contributed by atoms with Gasteiger partial charge in [-0.05, 0) is 18.5 Å². The first-order valence-corrected chi connectivity index (χ1v) is 15.7. The lowest BCUT2D eigenvalue weighted by Gasteiger charge is -2.42. The second-order valence-corrected chi connectivity index (χ2v) is 16.3. The quantitative estimate of drug-likeness (QED) is 0.262. The van der Waals surface area contributed by atoms with E-state index in [1.165, 1.54) is 0 Å². The van der Waals surface area contributed by atoms with Crippen LogP contribution >= 0.6 is 0 Å². The number of aliphatic hydroxyl groups excluding tert-OH is 1. The zero-order valence-corrected chi connectivity index (χ0v) is 20.4. The molecule has 0 aromatic rings. The highest BCUT2D eigenvalue weighted by molar-refractivity contribution is 6.83. The van der Waals surface area contributed by atoms with Crippen LogP contribution in [0.15, 0.2) is 12.7 Å². The second-order valence-electron chi connectivity index (χ2n) is 9.15. The Balaban J connectivity index is 5.73. The highest BCUT2D eigenvalue weighted by Crippen LogP contribution is 2.35. The Bertz CT molecular complexity index is 469. The summed E-state index contributed by atoms with van der Waals surface area (Å²) in [6, 6.07) is 0. The van der Waals surface area contributed by atoms with E-state index >= 15 is 0 Å². The maximum atomic E-state index is 11.0. The van der Waals surface area contributed by atoms with E-state index < -0.39 is 23.2 Å². The maximum absolute atomic E-state index is 11.0. The molecule has 0 aliphatic heterocycles. The molecule has 0 fully saturated rings. The molecule has 1 unspecified atom stereocenters.